The standard InChI is InChI=1S/C29H48FNO3/c1-3-5-6-7-8-9-10-11-12-13-14-15-16-17-18-19-20-33-29(32,4-2)34-25-27-21-26(24-31)22-28(30)23-27/h21-23,32H,3-20,25H2,1-2H3/t29-/m1/s1. The third-order valence-electron chi connectivity index (χ3n) is 6.32. The molecule has 4 nitrogen and oxygen atoms in total. The van der Waals surface area contributed by atoms with Gasteiger partial charge >= 0.3 is 0 Å². The Morgan fingerprint density at radius 1 is 0.765 bits per heavy atom. The summed E-state index contributed by atoms with van der Waals surface area (Å²) in [4.78, 5) is 0. The van der Waals surface area contributed by atoms with Gasteiger partial charge in [0.05, 0.1) is 24.8 Å². The van der Waals surface area contributed by atoms with Gasteiger partial charge in [0.15, 0.2) is 0 Å². The summed E-state index contributed by atoms with van der Waals surface area (Å²) < 4.78 is 24.6. The Hall–Kier alpha value is -1.48. The minimum atomic E-state index is -1.69. The number of halogens is 1. The Kier molecular flexibility index (Phi) is 17.8. The molecule has 1 atom stereocenters. The minimum absolute atomic E-state index is 0.0181. The highest BCUT2D eigenvalue weighted by Gasteiger charge is 2.26. The van der Waals surface area contributed by atoms with Crippen LogP contribution in [0.1, 0.15) is 134 Å². The second kappa shape index (κ2) is 19.8. The fourth-order valence-electron chi connectivity index (χ4n) is 4.12. The van der Waals surface area contributed by atoms with Crippen molar-refractivity contribution in [3.8, 4) is 6.07 Å². The maximum Gasteiger partial charge on any atom is 0.280 e. The number of benzene rings is 1. The van der Waals surface area contributed by atoms with Gasteiger partial charge in [-0.25, -0.2) is 4.39 Å². The molecule has 0 amide bonds. The van der Waals surface area contributed by atoms with Gasteiger partial charge < -0.3 is 14.6 Å². The number of nitriles is 1. The molecule has 34 heavy (non-hydrogen) atoms. The van der Waals surface area contributed by atoms with Crippen LogP contribution in [-0.2, 0) is 16.1 Å². The van der Waals surface area contributed by atoms with Crippen molar-refractivity contribution in [2.45, 2.75) is 136 Å². The van der Waals surface area contributed by atoms with Crippen molar-refractivity contribution in [2.24, 2.45) is 0 Å². The molecule has 0 fully saturated rings. The monoisotopic (exact) mass is 477 g/mol. The van der Waals surface area contributed by atoms with Crippen molar-refractivity contribution < 1.29 is 19.0 Å². The van der Waals surface area contributed by atoms with Crippen LogP contribution in [-0.4, -0.2) is 17.7 Å². The van der Waals surface area contributed by atoms with Crippen LogP contribution in [0.4, 0.5) is 4.39 Å². The molecule has 0 saturated heterocycles. The normalized spacial score (nSPS) is 13.0. The predicted molar refractivity (Wildman–Crippen MR) is 137 cm³/mol. The zero-order chi connectivity index (χ0) is 24.9. The highest BCUT2D eigenvalue weighted by atomic mass is 19.1. The third kappa shape index (κ3) is 15.4. The van der Waals surface area contributed by atoms with Gasteiger partial charge in [0.2, 0.25) is 0 Å². The molecule has 194 valence electrons. The molecule has 1 aromatic rings. The summed E-state index contributed by atoms with van der Waals surface area (Å²) in [5, 5.41) is 19.4. The molecule has 5 heteroatoms. The molecule has 1 N–H and O–H groups in total. The first kappa shape index (κ1) is 30.6. The SMILES string of the molecule is CCCCCCCCCCCCCCCCCCO[C@](O)(CC)OCc1cc(F)cc(C#N)c1. The summed E-state index contributed by atoms with van der Waals surface area (Å²) in [5.41, 5.74) is 0.724. The van der Waals surface area contributed by atoms with Gasteiger partial charge in [-0.3, -0.25) is 0 Å². The van der Waals surface area contributed by atoms with Crippen LogP contribution in [0.3, 0.4) is 0 Å². The molecule has 0 aromatic heterocycles. The molecule has 1 aromatic carbocycles. The number of rotatable bonds is 22. The van der Waals surface area contributed by atoms with Crippen LogP contribution in [0, 0.1) is 17.1 Å². The van der Waals surface area contributed by atoms with E-state index in [1.54, 1.807) is 13.0 Å². The van der Waals surface area contributed by atoms with Crippen LogP contribution in [0.15, 0.2) is 18.2 Å². The Morgan fingerprint density at radius 2 is 1.26 bits per heavy atom. The van der Waals surface area contributed by atoms with E-state index < -0.39 is 11.8 Å². The lowest BCUT2D eigenvalue weighted by Gasteiger charge is -2.27. The second-order valence-electron chi connectivity index (χ2n) is 9.47. The zero-order valence-electron chi connectivity index (χ0n) is 21.8. The van der Waals surface area contributed by atoms with Crippen molar-refractivity contribution in [1.29, 1.82) is 5.26 Å². The largest absolute Gasteiger partial charge is 0.343 e. The summed E-state index contributed by atoms with van der Waals surface area (Å²) in [6.45, 7) is 4.45. The van der Waals surface area contributed by atoms with Crippen molar-refractivity contribution in [3.05, 3.63) is 35.1 Å². The van der Waals surface area contributed by atoms with Crippen LogP contribution in [0.5, 0.6) is 0 Å². The van der Waals surface area contributed by atoms with Crippen molar-refractivity contribution in [2.75, 3.05) is 6.61 Å². The Balaban J connectivity index is 1.99. The average molecular weight is 478 g/mol. The fraction of sp³-hybridized carbons (Fsp3) is 0.759. The molecular formula is C29H48FNO3. The molecule has 0 heterocycles. The Bertz CT molecular complexity index is 676. The van der Waals surface area contributed by atoms with E-state index in [-0.39, 0.29) is 18.6 Å². The first-order valence-electron chi connectivity index (χ1n) is 13.7. The number of nitrogens with zero attached hydrogens (tertiary/aromatic N) is 1. The molecule has 0 saturated carbocycles. The number of hydrogen-bond donors (Lipinski definition) is 1. The first-order chi connectivity index (χ1) is 16.5. The van der Waals surface area contributed by atoms with E-state index >= 15 is 0 Å². The maximum absolute atomic E-state index is 13.5. The lowest BCUT2D eigenvalue weighted by molar-refractivity contribution is -0.366. The minimum Gasteiger partial charge on any atom is -0.343 e. The van der Waals surface area contributed by atoms with Gasteiger partial charge in [0, 0.05) is 6.42 Å². The summed E-state index contributed by atoms with van der Waals surface area (Å²) in [5.74, 6) is -2.18. The summed E-state index contributed by atoms with van der Waals surface area (Å²) in [6.07, 6.45) is 21.2. The van der Waals surface area contributed by atoms with E-state index in [1.807, 2.05) is 6.07 Å². The van der Waals surface area contributed by atoms with Gasteiger partial charge in [-0.1, -0.05) is 110 Å². The van der Waals surface area contributed by atoms with Crippen LogP contribution >= 0.6 is 0 Å². The molecule has 0 radical (unpaired) electrons. The van der Waals surface area contributed by atoms with E-state index in [0.29, 0.717) is 12.2 Å². The van der Waals surface area contributed by atoms with E-state index in [2.05, 4.69) is 6.92 Å². The molecule has 0 unspecified atom stereocenters. The lowest BCUT2D eigenvalue weighted by atomic mass is 10.0. The summed E-state index contributed by atoms with van der Waals surface area (Å²) >= 11 is 0. The third-order valence-corrected chi connectivity index (χ3v) is 6.32. The number of hydrogen-bond acceptors (Lipinski definition) is 4. The van der Waals surface area contributed by atoms with Crippen molar-refractivity contribution >= 4 is 0 Å². The Labute approximate surface area is 207 Å². The lowest BCUT2D eigenvalue weighted by Crippen LogP contribution is -2.35. The molecule has 0 spiro atoms. The quantitative estimate of drug-likeness (QED) is 0.134. The van der Waals surface area contributed by atoms with E-state index in [1.165, 1.54) is 102 Å². The van der Waals surface area contributed by atoms with Gasteiger partial charge in [-0.15, -0.1) is 0 Å². The van der Waals surface area contributed by atoms with Gasteiger partial charge in [0.1, 0.15) is 5.82 Å². The Morgan fingerprint density at radius 3 is 1.74 bits per heavy atom. The van der Waals surface area contributed by atoms with Crippen molar-refractivity contribution in [1.82, 2.24) is 0 Å². The zero-order valence-corrected chi connectivity index (χ0v) is 21.8. The fourth-order valence-corrected chi connectivity index (χ4v) is 4.12. The summed E-state index contributed by atoms with van der Waals surface area (Å²) in [6, 6.07) is 5.94. The van der Waals surface area contributed by atoms with Gasteiger partial charge in [-0.05, 0) is 30.2 Å². The number of unbranched alkanes of at least 4 members (excludes halogenated alkanes) is 15. The van der Waals surface area contributed by atoms with Crippen LogP contribution in [0.25, 0.3) is 0 Å². The molecule has 0 bridgehead atoms. The van der Waals surface area contributed by atoms with Gasteiger partial charge in [0.25, 0.3) is 5.97 Å². The molecule has 0 aliphatic carbocycles. The van der Waals surface area contributed by atoms with Crippen LogP contribution < -0.4 is 0 Å². The van der Waals surface area contributed by atoms with Crippen LogP contribution in [0.2, 0.25) is 0 Å². The molecule has 0 aliphatic heterocycles. The average Bonchev–Trinajstić information content (AvgIpc) is 2.84. The number of aliphatic hydroxyl groups is 1. The summed E-state index contributed by atoms with van der Waals surface area (Å²) in [7, 11) is 0. The first-order valence-corrected chi connectivity index (χ1v) is 13.7. The highest BCUT2D eigenvalue weighted by molar-refractivity contribution is 5.33. The number of ether oxygens (including phenoxy) is 2. The van der Waals surface area contributed by atoms with E-state index in [9.17, 15) is 9.50 Å². The van der Waals surface area contributed by atoms with E-state index in [0.717, 1.165) is 12.8 Å². The molecule has 1 rings (SSSR count). The van der Waals surface area contributed by atoms with Gasteiger partial charge in [-0.2, -0.15) is 5.26 Å². The highest BCUT2D eigenvalue weighted by Crippen LogP contribution is 2.19. The second-order valence-corrected chi connectivity index (χ2v) is 9.47. The predicted octanol–water partition coefficient (Wildman–Crippen LogP) is 8.55. The topological polar surface area (TPSA) is 62.5 Å². The molecule has 0 aliphatic rings. The maximum atomic E-state index is 13.5. The molecular weight excluding hydrogens is 429 g/mol. The van der Waals surface area contributed by atoms with E-state index in [4.69, 9.17) is 14.7 Å². The smallest absolute Gasteiger partial charge is 0.280 e. The van der Waals surface area contributed by atoms with Crippen molar-refractivity contribution in [3.63, 3.8) is 0 Å².